The van der Waals surface area contributed by atoms with Gasteiger partial charge in [-0.1, -0.05) is 0 Å². The van der Waals surface area contributed by atoms with Crippen molar-refractivity contribution >= 4 is 0 Å². The molecule has 0 spiro atoms. The van der Waals surface area contributed by atoms with Crippen molar-refractivity contribution in [1.82, 2.24) is 15.1 Å². The second-order valence-electron chi connectivity index (χ2n) is 5.39. The minimum Gasteiger partial charge on any atom is -0.393 e. The summed E-state index contributed by atoms with van der Waals surface area (Å²) in [5.41, 5.74) is 1.23. The summed E-state index contributed by atoms with van der Waals surface area (Å²) in [5, 5.41) is 17.2. The fourth-order valence-corrected chi connectivity index (χ4v) is 2.41. The highest BCUT2D eigenvalue weighted by molar-refractivity contribution is 5.03. The SMILES string of the molecule is CC(C)n1cc(CNCC2CCC(O)C2)cn1. The molecule has 1 aromatic heterocycles. The minimum absolute atomic E-state index is 0.0644. The van der Waals surface area contributed by atoms with E-state index in [0.29, 0.717) is 12.0 Å². The van der Waals surface area contributed by atoms with Crippen LogP contribution in [0.5, 0.6) is 0 Å². The van der Waals surface area contributed by atoms with Crippen LogP contribution in [-0.4, -0.2) is 27.5 Å². The Morgan fingerprint density at radius 1 is 1.53 bits per heavy atom. The minimum atomic E-state index is -0.0644. The molecule has 0 saturated heterocycles. The topological polar surface area (TPSA) is 50.1 Å². The van der Waals surface area contributed by atoms with E-state index in [1.54, 1.807) is 0 Å². The zero-order chi connectivity index (χ0) is 12.3. The molecule has 4 nitrogen and oxygen atoms in total. The lowest BCUT2D eigenvalue weighted by Gasteiger charge is -2.09. The molecule has 0 radical (unpaired) electrons. The first kappa shape index (κ1) is 12.6. The number of aromatic nitrogens is 2. The van der Waals surface area contributed by atoms with Gasteiger partial charge in [0.25, 0.3) is 0 Å². The molecule has 0 bridgehead atoms. The quantitative estimate of drug-likeness (QED) is 0.819. The van der Waals surface area contributed by atoms with Crippen molar-refractivity contribution in [2.45, 2.75) is 51.8 Å². The van der Waals surface area contributed by atoms with Crippen LogP contribution in [0.2, 0.25) is 0 Å². The highest BCUT2D eigenvalue weighted by Crippen LogP contribution is 2.24. The Morgan fingerprint density at radius 3 is 2.94 bits per heavy atom. The first-order valence-corrected chi connectivity index (χ1v) is 6.57. The number of hydrogen-bond donors (Lipinski definition) is 2. The second-order valence-corrected chi connectivity index (χ2v) is 5.39. The zero-order valence-corrected chi connectivity index (χ0v) is 10.8. The average Bonchev–Trinajstić information content (AvgIpc) is 2.88. The first-order valence-electron chi connectivity index (χ1n) is 6.57. The van der Waals surface area contributed by atoms with E-state index in [1.807, 2.05) is 10.9 Å². The molecular weight excluding hydrogens is 214 g/mol. The van der Waals surface area contributed by atoms with E-state index in [-0.39, 0.29) is 6.10 Å². The normalized spacial score (nSPS) is 24.7. The smallest absolute Gasteiger partial charge is 0.0543 e. The van der Waals surface area contributed by atoms with Gasteiger partial charge in [0.2, 0.25) is 0 Å². The molecule has 1 aromatic rings. The van der Waals surface area contributed by atoms with Crippen LogP contribution in [0.3, 0.4) is 0 Å². The summed E-state index contributed by atoms with van der Waals surface area (Å²) >= 11 is 0. The molecule has 17 heavy (non-hydrogen) atoms. The van der Waals surface area contributed by atoms with E-state index in [9.17, 15) is 5.11 Å². The van der Waals surface area contributed by atoms with E-state index in [4.69, 9.17) is 0 Å². The summed E-state index contributed by atoms with van der Waals surface area (Å²) in [6.07, 6.45) is 7.04. The summed E-state index contributed by atoms with van der Waals surface area (Å²) in [6, 6.07) is 0.425. The molecule has 4 heteroatoms. The van der Waals surface area contributed by atoms with Gasteiger partial charge in [-0.3, -0.25) is 4.68 Å². The summed E-state index contributed by atoms with van der Waals surface area (Å²) < 4.78 is 1.98. The summed E-state index contributed by atoms with van der Waals surface area (Å²) in [6.45, 7) is 6.14. The molecule has 2 atom stereocenters. The lowest BCUT2D eigenvalue weighted by atomic mass is 10.1. The van der Waals surface area contributed by atoms with Crippen LogP contribution in [0.25, 0.3) is 0 Å². The summed E-state index contributed by atoms with van der Waals surface area (Å²) in [5.74, 6) is 0.644. The standard InChI is InChI=1S/C13H23N3O/c1-10(2)16-9-12(8-15-16)7-14-6-11-3-4-13(17)5-11/h8-11,13-14,17H,3-7H2,1-2H3. The molecule has 96 valence electrons. The molecule has 2 N–H and O–H groups in total. The molecule has 2 rings (SSSR count). The molecule has 1 fully saturated rings. The van der Waals surface area contributed by atoms with E-state index >= 15 is 0 Å². The molecule has 1 heterocycles. The van der Waals surface area contributed by atoms with Crippen molar-refractivity contribution < 1.29 is 5.11 Å². The van der Waals surface area contributed by atoms with E-state index in [2.05, 4.69) is 30.5 Å². The van der Waals surface area contributed by atoms with Gasteiger partial charge in [0, 0.05) is 24.3 Å². The van der Waals surface area contributed by atoms with Gasteiger partial charge < -0.3 is 10.4 Å². The fraction of sp³-hybridized carbons (Fsp3) is 0.769. The maximum Gasteiger partial charge on any atom is 0.0543 e. The van der Waals surface area contributed by atoms with Crippen LogP contribution in [0.4, 0.5) is 0 Å². The number of nitrogens with one attached hydrogen (secondary N) is 1. The van der Waals surface area contributed by atoms with Gasteiger partial charge in [-0.05, 0) is 45.6 Å². The third kappa shape index (κ3) is 3.54. The third-order valence-corrected chi connectivity index (χ3v) is 3.46. The van der Waals surface area contributed by atoms with Crippen molar-refractivity contribution in [3.8, 4) is 0 Å². The van der Waals surface area contributed by atoms with Gasteiger partial charge in [0.1, 0.15) is 0 Å². The van der Waals surface area contributed by atoms with Crippen molar-refractivity contribution in [3.63, 3.8) is 0 Å². The highest BCUT2D eigenvalue weighted by atomic mass is 16.3. The van der Waals surface area contributed by atoms with Gasteiger partial charge in [0.05, 0.1) is 12.3 Å². The number of rotatable bonds is 5. The Hall–Kier alpha value is -0.870. The number of aliphatic hydroxyl groups excluding tert-OH is 1. The second kappa shape index (κ2) is 5.65. The van der Waals surface area contributed by atoms with Crippen LogP contribution >= 0.6 is 0 Å². The molecule has 1 aliphatic rings. The average molecular weight is 237 g/mol. The number of hydrogen-bond acceptors (Lipinski definition) is 3. The van der Waals surface area contributed by atoms with E-state index in [0.717, 1.165) is 32.4 Å². The molecule has 1 aliphatic carbocycles. The molecule has 1 saturated carbocycles. The molecular formula is C13H23N3O. The Bertz CT molecular complexity index is 348. The lowest BCUT2D eigenvalue weighted by molar-refractivity contribution is 0.177. The van der Waals surface area contributed by atoms with Crippen LogP contribution in [-0.2, 0) is 6.54 Å². The molecule has 0 aromatic carbocycles. The van der Waals surface area contributed by atoms with Gasteiger partial charge in [-0.25, -0.2) is 0 Å². The summed E-state index contributed by atoms with van der Waals surface area (Å²) in [7, 11) is 0. The predicted octanol–water partition coefficient (Wildman–Crippen LogP) is 1.71. The van der Waals surface area contributed by atoms with Crippen LogP contribution < -0.4 is 5.32 Å². The molecule has 0 amide bonds. The third-order valence-electron chi connectivity index (χ3n) is 3.46. The van der Waals surface area contributed by atoms with E-state index in [1.165, 1.54) is 5.56 Å². The van der Waals surface area contributed by atoms with Gasteiger partial charge in [0.15, 0.2) is 0 Å². The maximum atomic E-state index is 9.44. The Morgan fingerprint density at radius 2 is 2.35 bits per heavy atom. The highest BCUT2D eigenvalue weighted by Gasteiger charge is 2.21. The first-order chi connectivity index (χ1) is 8.15. The lowest BCUT2D eigenvalue weighted by Crippen LogP contribution is -2.21. The largest absolute Gasteiger partial charge is 0.393 e. The van der Waals surface area contributed by atoms with Crippen molar-refractivity contribution in [2.24, 2.45) is 5.92 Å². The van der Waals surface area contributed by atoms with E-state index < -0.39 is 0 Å². The zero-order valence-electron chi connectivity index (χ0n) is 10.8. The Labute approximate surface area is 103 Å². The van der Waals surface area contributed by atoms with Crippen LogP contribution in [0.15, 0.2) is 12.4 Å². The molecule has 2 unspecified atom stereocenters. The maximum absolute atomic E-state index is 9.44. The van der Waals surface area contributed by atoms with Gasteiger partial charge in [-0.15, -0.1) is 0 Å². The molecule has 0 aliphatic heterocycles. The predicted molar refractivity (Wildman–Crippen MR) is 67.7 cm³/mol. The van der Waals surface area contributed by atoms with Crippen molar-refractivity contribution in [1.29, 1.82) is 0 Å². The van der Waals surface area contributed by atoms with Crippen molar-refractivity contribution in [2.75, 3.05) is 6.54 Å². The van der Waals surface area contributed by atoms with Crippen LogP contribution in [0.1, 0.15) is 44.7 Å². The number of nitrogens with zero attached hydrogens (tertiary/aromatic N) is 2. The van der Waals surface area contributed by atoms with Gasteiger partial charge in [-0.2, -0.15) is 5.10 Å². The number of aliphatic hydroxyl groups is 1. The Balaban J connectivity index is 1.70. The van der Waals surface area contributed by atoms with Gasteiger partial charge >= 0.3 is 0 Å². The fourth-order valence-electron chi connectivity index (χ4n) is 2.41. The monoisotopic (exact) mass is 237 g/mol. The Kier molecular flexibility index (Phi) is 4.18. The van der Waals surface area contributed by atoms with Crippen LogP contribution in [0, 0.1) is 5.92 Å². The summed E-state index contributed by atoms with van der Waals surface area (Å²) in [4.78, 5) is 0. The van der Waals surface area contributed by atoms with Crippen molar-refractivity contribution in [3.05, 3.63) is 18.0 Å².